The van der Waals surface area contributed by atoms with Gasteiger partial charge in [-0.2, -0.15) is 0 Å². The molecule has 10 heterocycles. The van der Waals surface area contributed by atoms with Gasteiger partial charge in [-0.25, -0.2) is 0 Å². The molecule has 0 aromatic carbocycles. The molecule has 0 bridgehead atoms. The average Bonchev–Trinajstić information content (AvgIpc) is 1.65. The van der Waals surface area contributed by atoms with Crippen molar-refractivity contribution in [3.05, 3.63) is 115 Å². The summed E-state index contributed by atoms with van der Waals surface area (Å²) in [5, 5.41) is 53.9. The summed E-state index contributed by atoms with van der Waals surface area (Å²) >= 11 is 4.07. The number of rotatable bonds is 13. The molecule has 518 valence electrons. The Morgan fingerprint density at radius 3 is 1.03 bits per heavy atom. The van der Waals surface area contributed by atoms with E-state index in [2.05, 4.69) is 69.3 Å². The normalized spacial score (nSPS) is 36.7. The van der Waals surface area contributed by atoms with Gasteiger partial charge in [0, 0.05) is 89.1 Å². The maximum atomic E-state index is 12.0. The lowest BCUT2D eigenvalue weighted by Gasteiger charge is -2.31. The van der Waals surface area contributed by atoms with Crippen LogP contribution in [0.25, 0.3) is 41.8 Å². The number of allylic oxidation sites excluding steroid dienone is 5. The maximum absolute atomic E-state index is 12.0. The minimum Gasteiger partial charge on any atom is -0.472 e. The summed E-state index contributed by atoms with van der Waals surface area (Å²) in [6.45, 7) is 17.6. The van der Waals surface area contributed by atoms with Crippen LogP contribution < -0.4 is 0 Å². The van der Waals surface area contributed by atoms with Crippen molar-refractivity contribution in [3.63, 3.8) is 0 Å². The highest BCUT2D eigenvalue weighted by Gasteiger charge is 2.58. The van der Waals surface area contributed by atoms with Crippen molar-refractivity contribution in [1.82, 2.24) is 24.5 Å². The fourth-order valence-corrected chi connectivity index (χ4v) is 13.7. The fourth-order valence-electron chi connectivity index (χ4n) is 11.9. The van der Waals surface area contributed by atoms with Crippen molar-refractivity contribution < 1.29 is 92.1 Å². The van der Waals surface area contributed by atoms with Crippen LogP contribution in [0.3, 0.4) is 0 Å². The second-order valence-electron chi connectivity index (χ2n) is 23.9. The first-order valence-corrected chi connectivity index (χ1v) is 33.0. The maximum Gasteiger partial charge on any atom is 0.237 e. The molecule has 5 fully saturated rings. The molecule has 4 N–H and O–H groups in total. The van der Waals surface area contributed by atoms with Crippen LogP contribution in [-0.2, 0) is 71.6 Å². The van der Waals surface area contributed by atoms with Crippen LogP contribution in [0.5, 0.6) is 0 Å². The van der Waals surface area contributed by atoms with Crippen molar-refractivity contribution in [2.24, 2.45) is 61.9 Å². The van der Waals surface area contributed by atoms with Gasteiger partial charge in [0.25, 0.3) is 0 Å². The van der Waals surface area contributed by atoms with E-state index in [0.29, 0.717) is 10.8 Å². The van der Waals surface area contributed by atoms with Crippen molar-refractivity contribution in [2.75, 3.05) is 15.5 Å². The number of amides is 5. The van der Waals surface area contributed by atoms with E-state index < -0.39 is 103 Å². The van der Waals surface area contributed by atoms with Crippen LogP contribution in [0.15, 0.2) is 94.2 Å². The van der Waals surface area contributed by atoms with Gasteiger partial charge in [0.05, 0.1) is 50.9 Å². The minimum atomic E-state index is -1.82. The second-order valence-corrected chi connectivity index (χ2v) is 25.5. The van der Waals surface area contributed by atoms with E-state index in [0.717, 1.165) is 0 Å². The van der Waals surface area contributed by atoms with E-state index in [1.165, 1.54) is 85.9 Å². The number of carbonyl (C=O) groups excluding carboxylic acids is 10. The van der Waals surface area contributed by atoms with Gasteiger partial charge in [-0.1, -0.05) is 128 Å². The highest BCUT2D eigenvalue weighted by atomic mass is 127. The number of halogens is 2. The Hall–Kier alpha value is -7.68. The van der Waals surface area contributed by atoms with E-state index in [-0.39, 0.29) is 119 Å². The molecule has 10 aliphatic rings. The second kappa shape index (κ2) is 32.6. The lowest BCUT2D eigenvalue weighted by molar-refractivity contribution is -0.158. The van der Waals surface area contributed by atoms with Crippen LogP contribution in [0.4, 0.5) is 0 Å². The lowest BCUT2D eigenvalue weighted by atomic mass is 9.87. The summed E-state index contributed by atoms with van der Waals surface area (Å²) in [6, 6.07) is 0. The van der Waals surface area contributed by atoms with Crippen LogP contribution in [0.2, 0.25) is 0 Å². The first kappa shape index (κ1) is 77.3. The highest BCUT2D eigenvalue weighted by molar-refractivity contribution is 14.1. The number of hydrogen-bond acceptors (Lipinski definition) is 23. The number of ketones is 5. The highest BCUT2D eigenvalue weighted by Crippen LogP contribution is 2.47. The van der Waals surface area contributed by atoms with Gasteiger partial charge >= 0.3 is 0 Å². The van der Waals surface area contributed by atoms with E-state index >= 15 is 0 Å². The number of aliphatic hydroxyl groups is 4. The van der Waals surface area contributed by atoms with Crippen LogP contribution in [0.1, 0.15) is 93.9 Å². The number of azide groups is 4. The molecule has 0 aromatic rings. The van der Waals surface area contributed by atoms with Gasteiger partial charge in [0.2, 0.25) is 29.5 Å². The van der Waals surface area contributed by atoms with Gasteiger partial charge in [0.15, 0.2) is 58.0 Å². The first-order valence-electron chi connectivity index (χ1n) is 30.0. The molecule has 5 saturated heterocycles. The predicted molar refractivity (Wildman–Crippen MR) is 346 cm³/mol. The zero-order valence-electron chi connectivity index (χ0n) is 53.3. The van der Waals surface area contributed by atoms with Crippen LogP contribution in [0, 0.1) is 41.4 Å². The third-order valence-corrected chi connectivity index (χ3v) is 20.3. The van der Waals surface area contributed by atoms with Crippen molar-refractivity contribution in [1.29, 1.82) is 0 Å². The quantitative estimate of drug-likeness (QED) is 0.0433. The summed E-state index contributed by atoms with van der Waals surface area (Å²) in [5.41, 5.74) is 29.6. The summed E-state index contributed by atoms with van der Waals surface area (Å²) < 4.78 is 29.0. The molecule has 5 amide bonds. The van der Waals surface area contributed by atoms with Gasteiger partial charge in [-0.15, -0.1) is 0 Å². The zero-order chi connectivity index (χ0) is 71.5. The third kappa shape index (κ3) is 16.1. The molecule has 0 saturated carbocycles. The van der Waals surface area contributed by atoms with Gasteiger partial charge in [-0.3, -0.25) is 72.4 Å². The van der Waals surface area contributed by atoms with Gasteiger partial charge in [0.1, 0.15) is 36.8 Å². The van der Waals surface area contributed by atoms with Crippen molar-refractivity contribution >= 4 is 104 Å². The molecule has 10 aliphatic heterocycles. The molecule has 0 aromatic heterocycles. The molecule has 0 radical (unpaired) electrons. The Labute approximate surface area is 576 Å². The molecule has 19 atom stereocenters. The topological polar surface area (TPSA) is 509 Å². The summed E-state index contributed by atoms with van der Waals surface area (Å²) in [6.07, 6.45) is 6.81. The predicted octanol–water partition coefficient (Wildman–Crippen LogP) is 5.64. The summed E-state index contributed by atoms with van der Waals surface area (Å²) in [4.78, 5) is 133. The fraction of sp³-hybridized carbons (Fsp3) is 0.621. The molecule has 0 unspecified atom stereocenters. The van der Waals surface area contributed by atoms with E-state index in [1.54, 1.807) is 20.8 Å². The van der Waals surface area contributed by atoms with Crippen molar-refractivity contribution in [2.45, 2.75) is 166 Å². The van der Waals surface area contributed by atoms with Crippen LogP contribution in [-0.4, -0.2) is 191 Å². The largest absolute Gasteiger partial charge is 0.472 e. The number of aliphatic hydroxyl groups excluding tert-OH is 4. The standard InChI is InChI=1S/C13H18N4O3.C12H15IN4O3.C11H13IN4O4.C11H14N4O5.C11H13NO4/c1-4-13(15-16-14)9(3)8(2)12(20-13)17-6-5-10(18)7-11(17)19;1-7-8(2)12(6-13,15-16-14)20-11(7)17-4-3-9(18)5-10(17)19;1-6-9(19)11(5-12,14-15-13)20-10(6)16-3-2-7(17)4-8(16)18;1-6-9(19)11(5-16,13-14-12)20-10(6)15-3-2-7(17)4-8(15)18;1-6-10(15)7(2)16-11(6)12-4-3-8(13)5-9(12)14/h5-6,8-9,12H,4,7H2,1-3H3;3-4,7-8,11H,5-6H2,1-2H3;2-3,6,9-10,19H,4-5H2,1H3;2-3,6,9-10,16,19H,4-5H2,1H3;3-4,6,10-11,15H,2,5H2,1H3/t8-,9-,12+,13+;7-,8-,11+,12+;2*6-,9-,10+,11+;6-,10-,11+/m00000/s1. The molecule has 38 heteroatoms. The van der Waals surface area contributed by atoms with Crippen LogP contribution >= 0.6 is 45.2 Å². The first-order chi connectivity index (χ1) is 45.3. The Balaban J connectivity index is 0.000000190. The van der Waals surface area contributed by atoms with E-state index in [4.69, 9.17) is 45.8 Å². The SMILES string of the molecule is C=C1O[C@@H](N2C=CC(=O)CC2=O)[C@@H](C)[C@@H]1O.CC[C@@]1(N=[N+]=[N-])O[C@@H](N2C=CC(=O)CC2=O)[C@@H](C)[C@@H]1C.C[C@@H]1[C@H](N2C=CC(=O)CC2=O)O[C@@](CI)(N=[N+]=[N-])[C@H]1C.C[C@@H]1[C@H](N2C=CC(=O)CC2=O)O[C@@](CI)(N=[N+]=[N-])[C@H]1O.C[C@@H]1[C@H](N2C=CC(=O)CC2=O)O[C@@](CO)(N=[N+]=[N-])[C@H]1O. The average molecular weight is 1570 g/mol. The molecule has 36 nitrogen and oxygen atoms in total. The van der Waals surface area contributed by atoms with E-state index in [1.807, 2.05) is 57.2 Å². The Morgan fingerprint density at radius 2 is 0.729 bits per heavy atom. The molecular formula is C58H73I2N17O19. The Bertz CT molecular complexity index is 3110. The van der Waals surface area contributed by atoms with E-state index in [9.17, 15) is 68.4 Å². The Morgan fingerprint density at radius 1 is 0.458 bits per heavy atom. The Kier molecular flexibility index (Phi) is 26.2. The van der Waals surface area contributed by atoms with Gasteiger partial charge < -0.3 is 44.1 Å². The number of carbonyl (C=O) groups is 10. The van der Waals surface area contributed by atoms with Crippen molar-refractivity contribution in [3.8, 4) is 0 Å². The monoisotopic (exact) mass is 1570 g/mol. The third-order valence-electron chi connectivity index (χ3n) is 18.1. The number of nitrogens with zero attached hydrogens (tertiary/aromatic N) is 17. The number of ether oxygens (including phenoxy) is 5. The number of hydrogen-bond donors (Lipinski definition) is 4. The summed E-state index contributed by atoms with van der Waals surface area (Å²) in [7, 11) is 0. The molecule has 0 spiro atoms. The van der Waals surface area contributed by atoms with Gasteiger partial charge in [-0.05, 0) is 70.8 Å². The molecule has 10 rings (SSSR count). The number of alkyl halides is 2. The smallest absolute Gasteiger partial charge is 0.237 e. The molecule has 96 heavy (non-hydrogen) atoms. The zero-order valence-corrected chi connectivity index (χ0v) is 57.6. The minimum absolute atomic E-state index is 0.00209. The molecular weight excluding hydrogens is 1490 g/mol. The molecule has 0 aliphatic carbocycles. The summed E-state index contributed by atoms with van der Waals surface area (Å²) in [5.74, 6) is -4.07. The lowest BCUT2D eigenvalue weighted by Crippen LogP contribution is -2.43.